The number of carbonyl (C=O) groups is 2. The van der Waals surface area contributed by atoms with E-state index in [1.165, 1.54) is 0 Å². The topological polar surface area (TPSA) is 61.4 Å². The van der Waals surface area contributed by atoms with Crippen LogP contribution >= 0.6 is 24.0 Å². The number of carbonyl (C=O) groups excluding carboxylic acids is 2. The monoisotopic (exact) mass is 359 g/mol. The second kappa shape index (κ2) is 9.11. The number of anilines is 1. The third-order valence-corrected chi connectivity index (χ3v) is 4.02. The summed E-state index contributed by atoms with van der Waals surface area (Å²) in [6.45, 7) is 5.89. The van der Waals surface area contributed by atoms with Gasteiger partial charge in [-0.3, -0.25) is 9.59 Å². The molecule has 1 fully saturated rings. The summed E-state index contributed by atoms with van der Waals surface area (Å²) in [5, 5.41) is 6.77. The third-order valence-electron chi connectivity index (χ3n) is 3.77. The lowest BCUT2D eigenvalue weighted by molar-refractivity contribution is -0.126. The molecule has 128 valence electrons. The molecule has 1 heterocycles. The molecular weight excluding hydrogens is 337 g/mol. The molecule has 1 aromatic rings. The van der Waals surface area contributed by atoms with Gasteiger partial charge in [0.15, 0.2) is 0 Å². The summed E-state index contributed by atoms with van der Waals surface area (Å²) >= 11 is 5.86. The zero-order valence-corrected chi connectivity index (χ0v) is 14.9. The second-order valence-electron chi connectivity index (χ2n) is 5.59. The van der Waals surface area contributed by atoms with E-state index in [1.54, 1.807) is 29.2 Å². The van der Waals surface area contributed by atoms with E-state index in [4.69, 9.17) is 11.6 Å². The normalized spacial score (nSPS) is 18.5. The van der Waals surface area contributed by atoms with Crippen molar-refractivity contribution in [1.82, 2.24) is 10.6 Å². The quantitative estimate of drug-likeness (QED) is 0.818. The molecule has 23 heavy (non-hydrogen) atoms. The number of nitrogens with zero attached hydrogens (tertiary/aromatic N) is 1. The fourth-order valence-corrected chi connectivity index (χ4v) is 2.70. The lowest BCUT2D eigenvalue weighted by Gasteiger charge is -2.18. The maximum atomic E-state index is 12.2. The predicted molar refractivity (Wildman–Crippen MR) is 95.3 cm³/mol. The Morgan fingerprint density at radius 2 is 2.04 bits per heavy atom. The molecule has 1 aromatic carbocycles. The number of benzene rings is 1. The van der Waals surface area contributed by atoms with Crippen LogP contribution in [0, 0.1) is 5.92 Å². The molecule has 0 aromatic heterocycles. The van der Waals surface area contributed by atoms with Crippen molar-refractivity contribution in [3.63, 3.8) is 0 Å². The number of likely N-dealkylation sites (N-methyl/N-ethyl adjacent to an activating group) is 1. The molecule has 5 nitrogen and oxygen atoms in total. The Morgan fingerprint density at radius 1 is 1.39 bits per heavy atom. The molecule has 2 atom stereocenters. The van der Waals surface area contributed by atoms with E-state index in [2.05, 4.69) is 10.6 Å². The number of nitrogens with one attached hydrogen (secondary N) is 2. The van der Waals surface area contributed by atoms with Gasteiger partial charge in [0.05, 0.1) is 5.92 Å². The first-order valence-corrected chi connectivity index (χ1v) is 7.96. The number of hydrogen-bond donors (Lipinski definition) is 2. The van der Waals surface area contributed by atoms with Gasteiger partial charge >= 0.3 is 0 Å². The first kappa shape index (κ1) is 19.7. The van der Waals surface area contributed by atoms with E-state index >= 15 is 0 Å². The van der Waals surface area contributed by atoms with Crippen molar-refractivity contribution < 1.29 is 9.59 Å². The maximum absolute atomic E-state index is 12.2. The zero-order chi connectivity index (χ0) is 16.1. The first-order chi connectivity index (χ1) is 10.5. The highest BCUT2D eigenvalue weighted by atomic mass is 35.5. The Kier molecular flexibility index (Phi) is 7.82. The van der Waals surface area contributed by atoms with Crippen LogP contribution in [-0.2, 0) is 9.59 Å². The molecule has 0 bridgehead atoms. The van der Waals surface area contributed by atoms with Crippen LogP contribution in [0.5, 0.6) is 0 Å². The lowest BCUT2D eigenvalue weighted by atomic mass is 10.1. The zero-order valence-electron chi connectivity index (χ0n) is 13.3. The van der Waals surface area contributed by atoms with Crippen molar-refractivity contribution in [2.45, 2.75) is 26.3 Å². The second-order valence-corrected chi connectivity index (χ2v) is 6.02. The van der Waals surface area contributed by atoms with E-state index in [-0.39, 0.29) is 42.6 Å². The van der Waals surface area contributed by atoms with Gasteiger partial charge in [-0.15, -0.1) is 12.4 Å². The highest BCUT2D eigenvalue weighted by molar-refractivity contribution is 6.30. The highest BCUT2D eigenvalue weighted by Gasteiger charge is 2.35. The Balaban J connectivity index is 0.00000264. The van der Waals surface area contributed by atoms with Gasteiger partial charge in [-0.05, 0) is 37.7 Å². The van der Waals surface area contributed by atoms with Crippen LogP contribution in [0.4, 0.5) is 5.69 Å². The number of halogens is 2. The molecule has 7 heteroatoms. The number of hydrogen-bond acceptors (Lipinski definition) is 3. The van der Waals surface area contributed by atoms with Crippen molar-refractivity contribution in [3.05, 3.63) is 29.3 Å². The van der Waals surface area contributed by atoms with Crippen molar-refractivity contribution >= 4 is 41.5 Å². The Hall–Kier alpha value is -1.30. The van der Waals surface area contributed by atoms with E-state index in [0.717, 1.165) is 12.2 Å². The van der Waals surface area contributed by atoms with Crippen molar-refractivity contribution in [3.8, 4) is 0 Å². The molecule has 2 amide bonds. The molecule has 0 aliphatic carbocycles. The summed E-state index contributed by atoms with van der Waals surface area (Å²) in [5.74, 6) is -0.381. The fourth-order valence-electron chi connectivity index (χ4n) is 2.57. The standard InChI is InChI=1S/C16H22ClN3O2.ClH/c1-3-18-11(2)9-19-16(22)12-8-15(21)20(10-12)14-6-4-13(17)5-7-14;/h4-7,11-12,18H,3,8-10H2,1-2H3,(H,19,22);1H/t11-,12?;/m1./s1. The van der Waals surface area contributed by atoms with Crippen molar-refractivity contribution in [2.24, 2.45) is 5.92 Å². The average Bonchev–Trinajstić information content (AvgIpc) is 2.88. The molecule has 1 aliphatic heterocycles. The van der Waals surface area contributed by atoms with Crippen LogP contribution in [0.15, 0.2) is 24.3 Å². The molecule has 0 saturated carbocycles. The van der Waals surface area contributed by atoms with Gasteiger partial charge in [-0.2, -0.15) is 0 Å². The van der Waals surface area contributed by atoms with Crippen LogP contribution in [0.2, 0.25) is 5.02 Å². The van der Waals surface area contributed by atoms with E-state index in [0.29, 0.717) is 18.1 Å². The molecule has 1 aliphatic rings. The van der Waals surface area contributed by atoms with Gasteiger partial charge in [0.25, 0.3) is 0 Å². The average molecular weight is 360 g/mol. The van der Waals surface area contributed by atoms with Gasteiger partial charge in [0.1, 0.15) is 0 Å². The Labute approximate surface area is 148 Å². The molecule has 1 unspecified atom stereocenters. The smallest absolute Gasteiger partial charge is 0.227 e. The van der Waals surface area contributed by atoms with Gasteiger partial charge in [0.2, 0.25) is 11.8 Å². The Morgan fingerprint density at radius 3 is 2.65 bits per heavy atom. The Bertz CT molecular complexity index is 537. The molecule has 0 radical (unpaired) electrons. The summed E-state index contributed by atoms with van der Waals surface area (Å²) in [7, 11) is 0. The number of amides is 2. The summed E-state index contributed by atoms with van der Waals surface area (Å²) in [6, 6.07) is 7.31. The first-order valence-electron chi connectivity index (χ1n) is 7.58. The van der Waals surface area contributed by atoms with Gasteiger partial charge in [-0.1, -0.05) is 18.5 Å². The van der Waals surface area contributed by atoms with E-state index < -0.39 is 0 Å². The van der Waals surface area contributed by atoms with Crippen molar-refractivity contribution in [2.75, 3.05) is 24.5 Å². The molecule has 1 saturated heterocycles. The molecule has 2 N–H and O–H groups in total. The molecule has 0 spiro atoms. The van der Waals surface area contributed by atoms with Gasteiger partial charge in [0, 0.05) is 36.3 Å². The summed E-state index contributed by atoms with van der Waals surface area (Å²) in [6.07, 6.45) is 0.254. The fraction of sp³-hybridized carbons (Fsp3) is 0.500. The highest BCUT2D eigenvalue weighted by Crippen LogP contribution is 2.26. The van der Waals surface area contributed by atoms with Gasteiger partial charge < -0.3 is 15.5 Å². The van der Waals surface area contributed by atoms with Crippen LogP contribution in [0.3, 0.4) is 0 Å². The van der Waals surface area contributed by atoms with E-state index in [1.807, 2.05) is 13.8 Å². The van der Waals surface area contributed by atoms with Crippen molar-refractivity contribution in [1.29, 1.82) is 0 Å². The SMILES string of the molecule is CCN[C@H](C)CNC(=O)C1CC(=O)N(c2ccc(Cl)cc2)C1.Cl. The molecular formula is C16H23Cl2N3O2. The summed E-state index contributed by atoms with van der Waals surface area (Å²) < 4.78 is 0. The van der Waals surface area contributed by atoms with Gasteiger partial charge in [-0.25, -0.2) is 0 Å². The summed E-state index contributed by atoms with van der Waals surface area (Å²) in [5.41, 5.74) is 0.783. The molecule has 2 rings (SSSR count). The number of rotatable bonds is 6. The van der Waals surface area contributed by atoms with Crippen LogP contribution < -0.4 is 15.5 Å². The summed E-state index contributed by atoms with van der Waals surface area (Å²) in [4.78, 5) is 26.0. The minimum Gasteiger partial charge on any atom is -0.354 e. The maximum Gasteiger partial charge on any atom is 0.227 e. The third kappa shape index (κ3) is 5.37. The van der Waals surface area contributed by atoms with Crippen LogP contribution in [0.1, 0.15) is 20.3 Å². The van der Waals surface area contributed by atoms with Crippen LogP contribution in [-0.4, -0.2) is 37.5 Å². The van der Waals surface area contributed by atoms with Crippen LogP contribution in [0.25, 0.3) is 0 Å². The lowest BCUT2D eigenvalue weighted by Crippen LogP contribution is -2.41. The largest absolute Gasteiger partial charge is 0.354 e. The minimum absolute atomic E-state index is 0. The minimum atomic E-state index is -0.294. The van der Waals surface area contributed by atoms with E-state index in [9.17, 15) is 9.59 Å². The predicted octanol–water partition coefficient (Wildman–Crippen LogP) is 2.23.